The molecule has 8 nitrogen and oxygen atoms in total. The lowest BCUT2D eigenvalue weighted by Gasteiger charge is -2.28. The summed E-state index contributed by atoms with van der Waals surface area (Å²) in [7, 11) is 0. The van der Waals surface area contributed by atoms with Crippen LogP contribution in [0.2, 0.25) is 5.02 Å². The van der Waals surface area contributed by atoms with Crippen molar-refractivity contribution in [2.24, 2.45) is 0 Å². The molecule has 0 spiro atoms. The first-order chi connectivity index (χ1) is 17.5. The number of hydrogen-bond acceptors (Lipinski definition) is 7. The van der Waals surface area contributed by atoms with Crippen molar-refractivity contribution in [3.63, 3.8) is 0 Å². The molecule has 0 radical (unpaired) electrons. The predicted octanol–water partition coefficient (Wildman–Crippen LogP) is 6.39. The monoisotopic (exact) mass is 502 g/mol. The van der Waals surface area contributed by atoms with Crippen LogP contribution in [0.15, 0.2) is 59.1 Å². The standard InChI is InChI=1S/C27H27ClN6O2/c1-17-16-23(34-14-6-3-7-15-34)32-27(29-17)31-20-12-10-19(11-13-20)30-26(35)24-18(2)36-33-25(24)21-8-4-5-9-22(21)28/h4-5,8-13,16H,3,6-7,14-15H2,1-2H3,(H,30,35)(H,29,31,32). The Morgan fingerprint density at radius 2 is 1.69 bits per heavy atom. The van der Waals surface area contributed by atoms with Gasteiger partial charge in [-0.25, -0.2) is 4.98 Å². The largest absolute Gasteiger partial charge is 0.360 e. The van der Waals surface area contributed by atoms with Gasteiger partial charge in [0.15, 0.2) is 0 Å². The highest BCUT2D eigenvalue weighted by Gasteiger charge is 2.23. The number of nitrogens with zero attached hydrogens (tertiary/aromatic N) is 4. The van der Waals surface area contributed by atoms with E-state index in [2.05, 4.69) is 25.7 Å². The summed E-state index contributed by atoms with van der Waals surface area (Å²) in [6.07, 6.45) is 3.65. The molecule has 1 saturated heterocycles. The molecule has 184 valence electrons. The fourth-order valence-corrected chi connectivity index (χ4v) is 4.55. The van der Waals surface area contributed by atoms with Crippen LogP contribution >= 0.6 is 11.6 Å². The SMILES string of the molecule is Cc1cc(N2CCCCC2)nc(Nc2ccc(NC(=O)c3c(-c4ccccc4Cl)noc3C)cc2)n1. The second-order valence-corrected chi connectivity index (χ2v) is 9.24. The highest BCUT2D eigenvalue weighted by Crippen LogP contribution is 2.31. The second-order valence-electron chi connectivity index (χ2n) is 8.84. The number of piperidine rings is 1. The van der Waals surface area contributed by atoms with Gasteiger partial charge >= 0.3 is 0 Å². The Hall–Kier alpha value is -3.91. The average molecular weight is 503 g/mol. The quantitative estimate of drug-likeness (QED) is 0.315. The van der Waals surface area contributed by atoms with Crippen molar-refractivity contribution in [2.45, 2.75) is 33.1 Å². The lowest BCUT2D eigenvalue weighted by molar-refractivity contribution is 0.102. The van der Waals surface area contributed by atoms with E-state index in [1.165, 1.54) is 19.3 Å². The Bertz CT molecular complexity index is 1380. The third-order valence-corrected chi connectivity index (χ3v) is 6.47. The molecule has 1 aliphatic rings. The van der Waals surface area contributed by atoms with Gasteiger partial charge in [0, 0.05) is 41.8 Å². The van der Waals surface area contributed by atoms with Gasteiger partial charge in [0.05, 0.1) is 5.02 Å². The van der Waals surface area contributed by atoms with Crippen LogP contribution in [0.1, 0.15) is 41.1 Å². The van der Waals surface area contributed by atoms with Gasteiger partial charge in [0.2, 0.25) is 5.95 Å². The number of benzene rings is 2. The summed E-state index contributed by atoms with van der Waals surface area (Å²) < 4.78 is 5.32. The zero-order valence-corrected chi connectivity index (χ0v) is 21.0. The molecule has 0 atom stereocenters. The molecular weight excluding hydrogens is 476 g/mol. The summed E-state index contributed by atoms with van der Waals surface area (Å²) in [4.78, 5) is 24.7. The van der Waals surface area contributed by atoms with Crippen LogP contribution in [0.3, 0.4) is 0 Å². The number of halogens is 1. The number of amides is 1. The molecule has 2 N–H and O–H groups in total. The predicted molar refractivity (Wildman–Crippen MR) is 142 cm³/mol. The normalized spacial score (nSPS) is 13.5. The highest BCUT2D eigenvalue weighted by atomic mass is 35.5. The lowest BCUT2D eigenvalue weighted by atomic mass is 10.1. The van der Waals surface area contributed by atoms with Gasteiger partial charge in [0.1, 0.15) is 22.8 Å². The number of carbonyl (C=O) groups excluding carboxylic acids is 1. The zero-order chi connectivity index (χ0) is 25.1. The van der Waals surface area contributed by atoms with E-state index in [9.17, 15) is 4.79 Å². The third-order valence-electron chi connectivity index (χ3n) is 6.14. The van der Waals surface area contributed by atoms with E-state index < -0.39 is 0 Å². The minimum Gasteiger partial charge on any atom is -0.360 e. The van der Waals surface area contributed by atoms with Crippen molar-refractivity contribution >= 4 is 40.6 Å². The maximum absolute atomic E-state index is 13.1. The van der Waals surface area contributed by atoms with Crippen LogP contribution in [0.5, 0.6) is 0 Å². The molecular formula is C27H27ClN6O2. The maximum Gasteiger partial charge on any atom is 0.261 e. The minimum atomic E-state index is -0.322. The number of rotatable bonds is 6. The van der Waals surface area contributed by atoms with Gasteiger partial charge in [-0.1, -0.05) is 35.0 Å². The molecule has 2 aromatic carbocycles. The molecule has 4 aromatic rings. The smallest absolute Gasteiger partial charge is 0.261 e. The van der Waals surface area contributed by atoms with Crippen LogP contribution in [0.4, 0.5) is 23.1 Å². The summed E-state index contributed by atoms with van der Waals surface area (Å²) >= 11 is 6.32. The number of aryl methyl sites for hydroxylation is 2. The Kier molecular flexibility index (Phi) is 6.86. The summed E-state index contributed by atoms with van der Waals surface area (Å²) in [5, 5.41) is 10.8. The Labute approximate surface area is 214 Å². The van der Waals surface area contributed by atoms with E-state index >= 15 is 0 Å². The van der Waals surface area contributed by atoms with Gasteiger partial charge < -0.3 is 20.1 Å². The summed E-state index contributed by atoms with van der Waals surface area (Å²) in [5.41, 5.74) is 3.77. The number of nitrogens with one attached hydrogen (secondary N) is 2. The highest BCUT2D eigenvalue weighted by molar-refractivity contribution is 6.33. The lowest BCUT2D eigenvalue weighted by Crippen LogP contribution is -2.30. The molecule has 1 fully saturated rings. The molecule has 0 bridgehead atoms. The minimum absolute atomic E-state index is 0.322. The molecule has 0 saturated carbocycles. The topological polar surface area (TPSA) is 96.2 Å². The van der Waals surface area contributed by atoms with E-state index in [0.29, 0.717) is 39.2 Å². The Morgan fingerprint density at radius 1 is 0.972 bits per heavy atom. The van der Waals surface area contributed by atoms with Crippen LogP contribution in [0, 0.1) is 13.8 Å². The van der Waals surface area contributed by atoms with E-state index in [0.717, 1.165) is 30.3 Å². The molecule has 5 rings (SSSR count). The van der Waals surface area contributed by atoms with Crippen molar-refractivity contribution in [1.82, 2.24) is 15.1 Å². The zero-order valence-electron chi connectivity index (χ0n) is 20.2. The van der Waals surface area contributed by atoms with Crippen molar-refractivity contribution < 1.29 is 9.32 Å². The first-order valence-corrected chi connectivity index (χ1v) is 12.4. The van der Waals surface area contributed by atoms with Crippen LogP contribution in [-0.4, -0.2) is 34.1 Å². The van der Waals surface area contributed by atoms with Crippen molar-refractivity contribution in [2.75, 3.05) is 28.6 Å². The molecule has 9 heteroatoms. The number of carbonyl (C=O) groups is 1. The molecule has 3 heterocycles. The third kappa shape index (κ3) is 5.18. The molecule has 0 aliphatic carbocycles. The first-order valence-electron chi connectivity index (χ1n) is 12.0. The van der Waals surface area contributed by atoms with Crippen molar-refractivity contribution in [1.29, 1.82) is 0 Å². The van der Waals surface area contributed by atoms with Crippen LogP contribution in [-0.2, 0) is 0 Å². The average Bonchev–Trinajstić information content (AvgIpc) is 3.27. The van der Waals surface area contributed by atoms with Gasteiger partial charge in [0.25, 0.3) is 5.91 Å². The van der Waals surface area contributed by atoms with Gasteiger partial charge in [-0.3, -0.25) is 4.79 Å². The van der Waals surface area contributed by atoms with E-state index in [1.54, 1.807) is 19.1 Å². The Morgan fingerprint density at radius 3 is 2.44 bits per heavy atom. The van der Waals surface area contributed by atoms with Gasteiger partial charge in [-0.2, -0.15) is 4.98 Å². The van der Waals surface area contributed by atoms with Gasteiger partial charge in [-0.15, -0.1) is 0 Å². The summed E-state index contributed by atoms with van der Waals surface area (Å²) in [6.45, 7) is 5.72. The first kappa shape index (κ1) is 23.8. The second kappa shape index (κ2) is 10.4. The molecule has 0 unspecified atom stereocenters. The van der Waals surface area contributed by atoms with Gasteiger partial charge in [-0.05, 0) is 63.4 Å². The van der Waals surface area contributed by atoms with Crippen molar-refractivity contribution in [3.05, 3.63) is 76.6 Å². The van der Waals surface area contributed by atoms with E-state index in [-0.39, 0.29) is 5.91 Å². The molecule has 36 heavy (non-hydrogen) atoms. The number of anilines is 4. The van der Waals surface area contributed by atoms with E-state index in [4.69, 9.17) is 21.1 Å². The molecule has 1 amide bonds. The molecule has 2 aromatic heterocycles. The number of hydrogen-bond donors (Lipinski definition) is 2. The van der Waals surface area contributed by atoms with Crippen LogP contribution < -0.4 is 15.5 Å². The van der Waals surface area contributed by atoms with E-state index in [1.807, 2.05) is 49.4 Å². The summed E-state index contributed by atoms with van der Waals surface area (Å²) in [6, 6.07) is 16.6. The fourth-order valence-electron chi connectivity index (χ4n) is 4.33. The number of aromatic nitrogens is 3. The molecule has 1 aliphatic heterocycles. The Balaban J connectivity index is 1.30. The summed E-state index contributed by atoms with van der Waals surface area (Å²) in [5.74, 6) is 1.60. The van der Waals surface area contributed by atoms with Crippen LogP contribution in [0.25, 0.3) is 11.3 Å². The fraction of sp³-hybridized carbons (Fsp3) is 0.259. The van der Waals surface area contributed by atoms with Crippen molar-refractivity contribution in [3.8, 4) is 11.3 Å². The maximum atomic E-state index is 13.1.